The van der Waals surface area contributed by atoms with Crippen molar-refractivity contribution in [3.63, 3.8) is 0 Å². The van der Waals surface area contributed by atoms with Gasteiger partial charge in [0.25, 0.3) is 0 Å². The fraction of sp³-hybridized carbons (Fsp3) is 0.357. The Labute approximate surface area is 121 Å². The van der Waals surface area contributed by atoms with Crippen LogP contribution in [0.3, 0.4) is 0 Å². The summed E-state index contributed by atoms with van der Waals surface area (Å²) >= 11 is 1.56. The van der Waals surface area contributed by atoms with E-state index >= 15 is 0 Å². The van der Waals surface area contributed by atoms with Crippen molar-refractivity contribution in [3.05, 3.63) is 46.7 Å². The van der Waals surface area contributed by atoms with Crippen LogP contribution in [0.15, 0.2) is 30.3 Å². The van der Waals surface area contributed by atoms with Crippen LogP contribution in [0.4, 0.5) is 0 Å². The number of nitrogens with two attached hydrogens (primary N) is 1. The second kappa shape index (κ2) is 5.30. The van der Waals surface area contributed by atoms with Crippen molar-refractivity contribution in [2.45, 2.75) is 32.2 Å². The van der Waals surface area contributed by atoms with E-state index in [2.05, 4.69) is 29.1 Å². The van der Waals surface area contributed by atoms with Crippen LogP contribution in [0, 0.1) is 0 Å². The number of rotatable bonds is 4. The van der Waals surface area contributed by atoms with E-state index in [1.54, 1.807) is 11.3 Å². The zero-order chi connectivity index (χ0) is 14.1. The van der Waals surface area contributed by atoms with Crippen molar-refractivity contribution < 1.29 is 0 Å². The summed E-state index contributed by atoms with van der Waals surface area (Å²) < 4.78 is 1.84. The fourth-order valence-electron chi connectivity index (χ4n) is 2.12. The van der Waals surface area contributed by atoms with Crippen LogP contribution in [0.2, 0.25) is 0 Å². The summed E-state index contributed by atoms with van der Waals surface area (Å²) in [6.07, 6.45) is 0.718. The van der Waals surface area contributed by atoms with Crippen molar-refractivity contribution in [3.8, 4) is 0 Å². The Morgan fingerprint density at radius 1 is 1.20 bits per heavy atom. The maximum absolute atomic E-state index is 6.24. The largest absolute Gasteiger partial charge is 0.324 e. The number of hydrogen-bond donors (Lipinski definition) is 1. The summed E-state index contributed by atoms with van der Waals surface area (Å²) in [7, 11) is 0. The summed E-state index contributed by atoms with van der Waals surface area (Å²) in [6, 6.07) is 10.1. The molecule has 0 saturated carbocycles. The standard InChI is InChI=1S/C14H17N5S/c1-9(2)13-16-17-14-19(13)18-12(20-14)8-11(15)10-6-4-3-5-7-10/h3-7,9,11H,8,15H2,1-2H3. The minimum absolute atomic E-state index is 0.0393. The molecule has 20 heavy (non-hydrogen) atoms. The molecule has 3 aromatic rings. The first kappa shape index (κ1) is 13.2. The molecule has 5 nitrogen and oxygen atoms in total. The van der Waals surface area contributed by atoms with Gasteiger partial charge < -0.3 is 5.73 Å². The number of hydrogen-bond acceptors (Lipinski definition) is 5. The van der Waals surface area contributed by atoms with E-state index in [-0.39, 0.29) is 6.04 Å². The van der Waals surface area contributed by atoms with Gasteiger partial charge in [-0.2, -0.15) is 9.61 Å². The molecule has 2 heterocycles. The zero-order valence-corrected chi connectivity index (χ0v) is 12.3. The molecule has 0 bridgehead atoms. The second-order valence-corrected chi connectivity index (χ2v) is 6.16. The van der Waals surface area contributed by atoms with E-state index in [1.807, 2.05) is 34.8 Å². The van der Waals surface area contributed by atoms with Gasteiger partial charge >= 0.3 is 0 Å². The van der Waals surface area contributed by atoms with Crippen LogP contribution in [0.25, 0.3) is 4.96 Å². The van der Waals surface area contributed by atoms with E-state index in [0.29, 0.717) is 5.92 Å². The van der Waals surface area contributed by atoms with Crippen molar-refractivity contribution in [1.82, 2.24) is 19.8 Å². The number of aromatic nitrogens is 4. The second-order valence-electron chi connectivity index (χ2n) is 5.12. The molecule has 0 amide bonds. The number of benzene rings is 1. The normalized spacial score (nSPS) is 13.2. The van der Waals surface area contributed by atoms with Gasteiger partial charge in [0.2, 0.25) is 4.96 Å². The molecule has 0 spiro atoms. The van der Waals surface area contributed by atoms with Crippen molar-refractivity contribution in [1.29, 1.82) is 0 Å². The molecule has 2 N–H and O–H groups in total. The van der Waals surface area contributed by atoms with Gasteiger partial charge in [0, 0.05) is 18.4 Å². The van der Waals surface area contributed by atoms with Crippen LogP contribution < -0.4 is 5.73 Å². The fourth-order valence-corrected chi connectivity index (χ4v) is 3.02. The third kappa shape index (κ3) is 2.44. The average molecular weight is 287 g/mol. The minimum Gasteiger partial charge on any atom is -0.324 e. The van der Waals surface area contributed by atoms with Crippen LogP contribution in [0.1, 0.15) is 42.2 Å². The molecular weight excluding hydrogens is 270 g/mol. The molecule has 0 aliphatic heterocycles. The van der Waals surface area contributed by atoms with E-state index in [4.69, 9.17) is 5.73 Å². The third-order valence-corrected chi connectivity index (χ3v) is 4.12. The SMILES string of the molecule is CC(C)c1nnc2sc(CC(N)c3ccccc3)nn12. The van der Waals surface area contributed by atoms with Gasteiger partial charge in [-0.25, -0.2) is 0 Å². The molecule has 0 saturated heterocycles. The van der Waals surface area contributed by atoms with E-state index in [1.165, 1.54) is 0 Å². The highest BCUT2D eigenvalue weighted by Gasteiger charge is 2.16. The maximum Gasteiger partial charge on any atom is 0.234 e. The summed E-state index contributed by atoms with van der Waals surface area (Å²) in [6.45, 7) is 4.18. The lowest BCUT2D eigenvalue weighted by atomic mass is 10.1. The Hall–Kier alpha value is -1.79. The van der Waals surface area contributed by atoms with Gasteiger partial charge in [0.15, 0.2) is 5.82 Å². The van der Waals surface area contributed by atoms with Crippen LogP contribution >= 0.6 is 11.3 Å². The number of nitrogens with zero attached hydrogens (tertiary/aromatic N) is 4. The predicted molar refractivity (Wildman–Crippen MR) is 79.8 cm³/mol. The quantitative estimate of drug-likeness (QED) is 0.800. The van der Waals surface area contributed by atoms with Crippen molar-refractivity contribution in [2.24, 2.45) is 5.73 Å². The van der Waals surface area contributed by atoms with Gasteiger partial charge in [-0.05, 0) is 5.56 Å². The van der Waals surface area contributed by atoms with Gasteiger partial charge in [0.05, 0.1) is 0 Å². The maximum atomic E-state index is 6.24. The summed E-state index contributed by atoms with van der Waals surface area (Å²) in [5.41, 5.74) is 7.36. The molecule has 0 radical (unpaired) electrons. The third-order valence-electron chi connectivity index (χ3n) is 3.20. The summed E-state index contributed by atoms with van der Waals surface area (Å²) in [5.74, 6) is 1.21. The van der Waals surface area contributed by atoms with Gasteiger partial charge in [-0.1, -0.05) is 55.5 Å². The average Bonchev–Trinajstić information content (AvgIpc) is 2.98. The molecule has 3 rings (SSSR count). The predicted octanol–water partition coefficient (Wildman–Crippen LogP) is 2.55. The molecule has 1 atom stereocenters. The minimum atomic E-state index is -0.0393. The molecule has 1 aromatic carbocycles. The van der Waals surface area contributed by atoms with Crippen LogP contribution in [0.5, 0.6) is 0 Å². The highest BCUT2D eigenvalue weighted by molar-refractivity contribution is 7.16. The lowest BCUT2D eigenvalue weighted by Gasteiger charge is -2.09. The molecule has 2 aromatic heterocycles. The molecule has 104 valence electrons. The summed E-state index contributed by atoms with van der Waals surface area (Å²) in [5, 5.41) is 13.9. The monoisotopic (exact) mass is 287 g/mol. The van der Waals surface area contributed by atoms with E-state index < -0.39 is 0 Å². The first-order valence-electron chi connectivity index (χ1n) is 6.66. The van der Waals surface area contributed by atoms with E-state index in [0.717, 1.165) is 27.8 Å². The molecule has 0 aliphatic rings. The Bertz CT molecular complexity index is 701. The Morgan fingerprint density at radius 2 is 1.95 bits per heavy atom. The van der Waals surface area contributed by atoms with Crippen LogP contribution in [-0.4, -0.2) is 19.8 Å². The van der Waals surface area contributed by atoms with E-state index in [9.17, 15) is 0 Å². The Kier molecular flexibility index (Phi) is 3.50. The lowest BCUT2D eigenvalue weighted by Crippen LogP contribution is -2.13. The lowest BCUT2D eigenvalue weighted by molar-refractivity contribution is 0.682. The Morgan fingerprint density at radius 3 is 2.65 bits per heavy atom. The molecule has 0 aliphatic carbocycles. The topological polar surface area (TPSA) is 69.1 Å². The first-order valence-corrected chi connectivity index (χ1v) is 7.48. The van der Waals surface area contributed by atoms with Gasteiger partial charge in [0.1, 0.15) is 5.01 Å². The number of fused-ring (bicyclic) bond motifs is 1. The molecular formula is C14H17N5S. The molecule has 1 unspecified atom stereocenters. The van der Waals surface area contributed by atoms with Crippen LogP contribution in [-0.2, 0) is 6.42 Å². The molecule has 6 heteroatoms. The van der Waals surface area contributed by atoms with Gasteiger partial charge in [-0.3, -0.25) is 0 Å². The first-order chi connectivity index (χ1) is 9.65. The molecule has 0 fully saturated rings. The van der Waals surface area contributed by atoms with Crippen molar-refractivity contribution in [2.75, 3.05) is 0 Å². The van der Waals surface area contributed by atoms with Crippen molar-refractivity contribution >= 4 is 16.3 Å². The smallest absolute Gasteiger partial charge is 0.234 e. The Balaban J connectivity index is 1.84. The highest BCUT2D eigenvalue weighted by atomic mass is 32.1. The highest BCUT2D eigenvalue weighted by Crippen LogP contribution is 2.22. The van der Waals surface area contributed by atoms with Gasteiger partial charge in [-0.15, -0.1) is 10.2 Å². The zero-order valence-electron chi connectivity index (χ0n) is 11.5. The summed E-state index contributed by atoms with van der Waals surface area (Å²) in [4.78, 5) is 0.837.